The van der Waals surface area contributed by atoms with Crippen LogP contribution in [0.1, 0.15) is 21.3 Å². The first-order valence-corrected chi connectivity index (χ1v) is 9.48. The Hall–Kier alpha value is -1.18. The van der Waals surface area contributed by atoms with E-state index >= 15 is 0 Å². The highest BCUT2D eigenvalue weighted by Gasteiger charge is 2.24. The molecule has 1 aliphatic heterocycles. The molecule has 2 aromatic rings. The minimum absolute atomic E-state index is 0.0452. The molecule has 1 amide bonds. The number of hydrogen-bond acceptors (Lipinski definition) is 4. The Morgan fingerprint density at radius 1 is 1.32 bits per heavy atom. The predicted octanol–water partition coefficient (Wildman–Crippen LogP) is 4.00. The maximum absolute atomic E-state index is 13.6. The van der Waals surface area contributed by atoms with Crippen LogP contribution < -0.4 is 5.32 Å². The van der Waals surface area contributed by atoms with E-state index in [0.717, 1.165) is 24.0 Å². The molecule has 134 valence electrons. The van der Waals surface area contributed by atoms with Crippen LogP contribution in [0.2, 0.25) is 10.0 Å². The van der Waals surface area contributed by atoms with Crippen molar-refractivity contribution in [1.82, 2.24) is 10.2 Å². The summed E-state index contributed by atoms with van der Waals surface area (Å²) in [7, 11) is 0. The van der Waals surface area contributed by atoms with E-state index in [4.69, 9.17) is 27.9 Å². The molecule has 25 heavy (non-hydrogen) atoms. The van der Waals surface area contributed by atoms with Crippen molar-refractivity contribution in [3.8, 4) is 0 Å². The fourth-order valence-electron chi connectivity index (χ4n) is 2.76. The second kappa shape index (κ2) is 8.47. The quantitative estimate of drug-likeness (QED) is 0.768. The number of ether oxygens (including phenoxy) is 1. The second-order valence-corrected chi connectivity index (χ2v) is 7.43. The number of carbonyl (C=O) groups is 1. The van der Waals surface area contributed by atoms with Crippen LogP contribution in [-0.4, -0.2) is 43.7 Å². The normalized spacial score (nSPS) is 16.6. The molecule has 4 nitrogen and oxygen atoms in total. The summed E-state index contributed by atoms with van der Waals surface area (Å²) in [4.78, 5) is 15.9. The van der Waals surface area contributed by atoms with Gasteiger partial charge in [-0.2, -0.15) is 0 Å². The highest BCUT2D eigenvalue weighted by Crippen LogP contribution is 2.27. The van der Waals surface area contributed by atoms with Crippen LogP contribution in [0.5, 0.6) is 0 Å². The first kappa shape index (κ1) is 18.6. The van der Waals surface area contributed by atoms with Crippen LogP contribution in [0.15, 0.2) is 29.6 Å². The van der Waals surface area contributed by atoms with Gasteiger partial charge in [-0.3, -0.25) is 9.69 Å². The topological polar surface area (TPSA) is 41.6 Å². The van der Waals surface area contributed by atoms with Gasteiger partial charge in [0.2, 0.25) is 0 Å². The molecule has 2 heterocycles. The average molecular weight is 403 g/mol. The lowest BCUT2D eigenvalue weighted by molar-refractivity contribution is 0.0169. The highest BCUT2D eigenvalue weighted by molar-refractivity contribution is 7.10. The number of thiophene rings is 1. The Bertz CT molecular complexity index is 736. The van der Waals surface area contributed by atoms with Crippen LogP contribution in [-0.2, 0) is 4.74 Å². The van der Waals surface area contributed by atoms with Gasteiger partial charge in [0, 0.05) is 24.5 Å². The molecule has 1 saturated heterocycles. The van der Waals surface area contributed by atoms with Gasteiger partial charge in [-0.15, -0.1) is 11.3 Å². The summed E-state index contributed by atoms with van der Waals surface area (Å²) in [6, 6.07) is 6.39. The molecule has 1 N–H and O–H groups in total. The van der Waals surface area contributed by atoms with Crippen LogP contribution in [0, 0.1) is 5.82 Å². The van der Waals surface area contributed by atoms with Gasteiger partial charge in [0.25, 0.3) is 5.91 Å². The van der Waals surface area contributed by atoms with E-state index in [2.05, 4.69) is 10.2 Å². The first-order valence-electron chi connectivity index (χ1n) is 7.84. The van der Waals surface area contributed by atoms with Gasteiger partial charge < -0.3 is 10.1 Å². The Balaban J connectivity index is 1.72. The molecule has 1 aliphatic rings. The monoisotopic (exact) mass is 402 g/mol. The summed E-state index contributed by atoms with van der Waals surface area (Å²) in [5, 5.41) is 4.90. The molecule has 1 unspecified atom stereocenters. The maximum atomic E-state index is 13.6. The molecule has 0 spiro atoms. The SMILES string of the molecule is O=C(NCC(c1cccs1)N1CCOCC1)c1cc(F)c(Cl)cc1Cl. The van der Waals surface area contributed by atoms with Crippen molar-refractivity contribution in [3.05, 3.63) is 55.9 Å². The predicted molar refractivity (Wildman–Crippen MR) is 98.2 cm³/mol. The van der Waals surface area contributed by atoms with E-state index in [0.29, 0.717) is 19.8 Å². The fraction of sp³-hybridized carbons (Fsp3) is 0.353. The lowest BCUT2D eigenvalue weighted by Gasteiger charge is -2.34. The largest absolute Gasteiger partial charge is 0.379 e. The molecule has 1 fully saturated rings. The number of morpholine rings is 1. The van der Waals surface area contributed by atoms with E-state index in [1.54, 1.807) is 11.3 Å². The van der Waals surface area contributed by atoms with Crippen molar-refractivity contribution < 1.29 is 13.9 Å². The van der Waals surface area contributed by atoms with Crippen LogP contribution >= 0.6 is 34.5 Å². The van der Waals surface area contributed by atoms with Crippen LogP contribution in [0.3, 0.4) is 0 Å². The molecule has 1 aromatic heterocycles. The van der Waals surface area contributed by atoms with Gasteiger partial charge in [-0.05, 0) is 23.6 Å². The Morgan fingerprint density at radius 3 is 2.76 bits per heavy atom. The minimum Gasteiger partial charge on any atom is -0.379 e. The molecule has 0 aliphatic carbocycles. The molecule has 0 bridgehead atoms. The van der Waals surface area contributed by atoms with E-state index in [-0.39, 0.29) is 21.7 Å². The number of benzene rings is 1. The highest BCUT2D eigenvalue weighted by atomic mass is 35.5. The Labute approximate surface area is 159 Å². The number of nitrogens with zero attached hydrogens (tertiary/aromatic N) is 1. The van der Waals surface area contributed by atoms with E-state index in [1.807, 2.05) is 17.5 Å². The summed E-state index contributed by atoms with van der Waals surface area (Å²) < 4.78 is 19.0. The molecule has 0 saturated carbocycles. The van der Waals surface area contributed by atoms with Gasteiger partial charge in [0.05, 0.1) is 34.9 Å². The lowest BCUT2D eigenvalue weighted by atomic mass is 10.1. The van der Waals surface area contributed by atoms with Crippen LogP contribution in [0.4, 0.5) is 4.39 Å². The van der Waals surface area contributed by atoms with E-state index in [9.17, 15) is 9.18 Å². The molecule has 3 rings (SSSR count). The third-order valence-corrected chi connectivity index (χ3v) is 5.64. The molecule has 1 aromatic carbocycles. The van der Waals surface area contributed by atoms with Crippen molar-refractivity contribution in [2.24, 2.45) is 0 Å². The third-order valence-electron chi connectivity index (χ3n) is 4.07. The van der Waals surface area contributed by atoms with Crippen molar-refractivity contribution >= 4 is 40.4 Å². The molecule has 8 heteroatoms. The Kier molecular flexibility index (Phi) is 6.30. The first-order chi connectivity index (χ1) is 12.1. The molecule has 1 atom stereocenters. The van der Waals surface area contributed by atoms with Gasteiger partial charge in [-0.1, -0.05) is 29.3 Å². The minimum atomic E-state index is -0.667. The van der Waals surface area contributed by atoms with Crippen LogP contribution in [0.25, 0.3) is 0 Å². The number of halogens is 3. The average Bonchev–Trinajstić information content (AvgIpc) is 3.13. The number of rotatable bonds is 5. The second-order valence-electron chi connectivity index (χ2n) is 5.64. The van der Waals surface area contributed by atoms with Gasteiger partial charge in [0.1, 0.15) is 5.82 Å². The third kappa shape index (κ3) is 4.51. The smallest absolute Gasteiger partial charge is 0.252 e. The van der Waals surface area contributed by atoms with Crippen molar-refractivity contribution in [3.63, 3.8) is 0 Å². The number of carbonyl (C=O) groups excluding carboxylic acids is 1. The summed E-state index contributed by atoms with van der Waals surface area (Å²) in [6.07, 6.45) is 0. The Morgan fingerprint density at radius 2 is 2.08 bits per heavy atom. The number of hydrogen-bond donors (Lipinski definition) is 1. The van der Waals surface area contributed by atoms with Gasteiger partial charge >= 0.3 is 0 Å². The summed E-state index contributed by atoms with van der Waals surface area (Å²) >= 11 is 13.3. The zero-order valence-electron chi connectivity index (χ0n) is 13.3. The van der Waals surface area contributed by atoms with Crippen molar-refractivity contribution in [2.75, 3.05) is 32.8 Å². The van der Waals surface area contributed by atoms with Crippen molar-refractivity contribution in [1.29, 1.82) is 0 Å². The molecular formula is C17H17Cl2FN2O2S. The maximum Gasteiger partial charge on any atom is 0.252 e. The van der Waals surface area contributed by atoms with Gasteiger partial charge in [0.15, 0.2) is 0 Å². The lowest BCUT2D eigenvalue weighted by Crippen LogP contribution is -2.43. The van der Waals surface area contributed by atoms with Gasteiger partial charge in [-0.25, -0.2) is 4.39 Å². The molecular weight excluding hydrogens is 386 g/mol. The zero-order chi connectivity index (χ0) is 17.8. The summed E-state index contributed by atoms with van der Waals surface area (Å²) in [5.41, 5.74) is 0.0791. The summed E-state index contributed by atoms with van der Waals surface area (Å²) in [5.74, 6) is -1.09. The standard InChI is InChI=1S/C17H17Cl2FN2O2S/c18-12-9-13(19)14(20)8-11(12)17(23)21-10-15(16-2-1-7-25-16)22-3-5-24-6-4-22/h1-2,7-9,15H,3-6,10H2,(H,21,23). The zero-order valence-corrected chi connectivity index (χ0v) is 15.6. The number of nitrogens with one attached hydrogen (secondary N) is 1. The van der Waals surface area contributed by atoms with Crippen molar-refractivity contribution in [2.45, 2.75) is 6.04 Å². The fourth-order valence-corrected chi connectivity index (χ4v) is 4.09. The van der Waals surface area contributed by atoms with E-state index < -0.39 is 11.7 Å². The summed E-state index contributed by atoms with van der Waals surface area (Å²) in [6.45, 7) is 3.34. The van der Waals surface area contributed by atoms with E-state index in [1.165, 1.54) is 6.07 Å². The molecule has 0 radical (unpaired) electrons. The number of amides is 1.